The fourth-order valence-electron chi connectivity index (χ4n) is 1.48. The van der Waals surface area contributed by atoms with E-state index in [-0.39, 0.29) is 0 Å². The molecule has 0 aromatic rings. The molecule has 60 valence electrons. The SMILES string of the molecule is C[C@@H]1CCCC[C@H]1OSS. The second kappa shape index (κ2) is 4.52. The smallest absolute Gasteiger partial charge is 0.0758 e. The second-order valence-corrected chi connectivity index (χ2v) is 3.76. The van der Waals surface area contributed by atoms with Crippen LogP contribution in [0.5, 0.6) is 0 Å². The van der Waals surface area contributed by atoms with Crippen LogP contribution in [-0.4, -0.2) is 6.10 Å². The molecule has 0 bridgehead atoms. The van der Waals surface area contributed by atoms with Gasteiger partial charge in [-0.2, -0.15) is 0 Å². The van der Waals surface area contributed by atoms with Gasteiger partial charge in [0.15, 0.2) is 0 Å². The molecule has 0 radical (unpaired) electrons. The van der Waals surface area contributed by atoms with E-state index in [1.807, 2.05) is 0 Å². The average molecular weight is 178 g/mol. The molecule has 3 heteroatoms. The molecule has 0 aromatic carbocycles. The molecule has 1 nitrogen and oxygen atoms in total. The first-order chi connectivity index (χ1) is 4.84. The van der Waals surface area contributed by atoms with Crippen molar-refractivity contribution in [2.45, 2.75) is 38.7 Å². The van der Waals surface area contributed by atoms with Gasteiger partial charge in [0.25, 0.3) is 0 Å². The number of rotatable bonds is 2. The summed E-state index contributed by atoms with van der Waals surface area (Å²) < 4.78 is 5.38. The summed E-state index contributed by atoms with van der Waals surface area (Å²) in [6, 6.07) is 0. The molecule has 0 amide bonds. The van der Waals surface area contributed by atoms with Crippen molar-refractivity contribution in [3.8, 4) is 0 Å². The van der Waals surface area contributed by atoms with Crippen LogP contribution in [0.2, 0.25) is 0 Å². The van der Waals surface area contributed by atoms with Gasteiger partial charge in [-0.15, -0.1) is 0 Å². The summed E-state index contributed by atoms with van der Waals surface area (Å²) in [6.45, 7) is 2.26. The van der Waals surface area contributed by atoms with Crippen LogP contribution in [0.1, 0.15) is 32.6 Å². The van der Waals surface area contributed by atoms with Crippen molar-refractivity contribution >= 4 is 22.7 Å². The Morgan fingerprint density at radius 3 is 2.70 bits per heavy atom. The third-order valence-corrected chi connectivity index (χ3v) is 2.79. The van der Waals surface area contributed by atoms with Crippen molar-refractivity contribution in [2.75, 3.05) is 0 Å². The molecule has 0 saturated heterocycles. The highest BCUT2D eigenvalue weighted by atomic mass is 33.1. The van der Waals surface area contributed by atoms with E-state index < -0.39 is 0 Å². The molecular formula is C7H14OS2. The summed E-state index contributed by atoms with van der Waals surface area (Å²) in [7, 11) is 0. The molecule has 1 aliphatic carbocycles. The fourth-order valence-corrected chi connectivity index (χ4v) is 2.21. The van der Waals surface area contributed by atoms with Gasteiger partial charge >= 0.3 is 0 Å². The highest BCUT2D eigenvalue weighted by Gasteiger charge is 2.21. The van der Waals surface area contributed by atoms with Gasteiger partial charge in [0.1, 0.15) is 0 Å². The van der Waals surface area contributed by atoms with Crippen molar-refractivity contribution in [1.29, 1.82) is 0 Å². The lowest BCUT2D eigenvalue weighted by atomic mass is 9.88. The van der Waals surface area contributed by atoms with Gasteiger partial charge < -0.3 is 4.18 Å². The highest BCUT2D eigenvalue weighted by molar-refractivity contribution is 8.66. The first kappa shape index (κ1) is 8.75. The van der Waals surface area contributed by atoms with Crippen molar-refractivity contribution < 1.29 is 4.18 Å². The summed E-state index contributed by atoms with van der Waals surface area (Å²) in [4.78, 5) is 0. The first-order valence-electron chi connectivity index (χ1n) is 3.81. The highest BCUT2D eigenvalue weighted by Crippen LogP contribution is 2.29. The second-order valence-electron chi connectivity index (χ2n) is 2.97. The van der Waals surface area contributed by atoms with Crippen molar-refractivity contribution in [2.24, 2.45) is 5.92 Å². The molecule has 1 fully saturated rings. The van der Waals surface area contributed by atoms with Gasteiger partial charge in [-0.05, 0) is 18.8 Å². The van der Waals surface area contributed by atoms with Crippen molar-refractivity contribution in [1.82, 2.24) is 0 Å². The van der Waals surface area contributed by atoms with Gasteiger partial charge in [0, 0.05) is 0 Å². The minimum absolute atomic E-state index is 0.455. The maximum absolute atomic E-state index is 5.38. The average Bonchev–Trinajstić information content (AvgIpc) is 1.94. The zero-order valence-electron chi connectivity index (χ0n) is 6.25. The zero-order valence-corrected chi connectivity index (χ0v) is 7.96. The summed E-state index contributed by atoms with van der Waals surface area (Å²) in [5, 5.41) is 0. The van der Waals surface area contributed by atoms with Gasteiger partial charge in [0.05, 0.1) is 17.2 Å². The van der Waals surface area contributed by atoms with Crippen LogP contribution in [0, 0.1) is 5.92 Å². The molecular weight excluding hydrogens is 164 g/mol. The minimum atomic E-state index is 0.455. The molecule has 1 rings (SSSR count). The molecule has 0 N–H and O–H groups in total. The summed E-state index contributed by atoms with van der Waals surface area (Å²) in [6.07, 6.45) is 5.69. The standard InChI is InChI=1S/C7H14OS2/c1-6-4-2-3-5-7(6)8-10-9/h6-7,9H,2-5H2,1H3/t6-,7-/m1/s1. The Hall–Kier alpha value is 0.660. The largest absolute Gasteiger partial charge is 0.302 e. The van der Waals surface area contributed by atoms with Crippen molar-refractivity contribution in [3.05, 3.63) is 0 Å². The molecule has 1 aliphatic rings. The Morgan fingerprint density at radius 2 is 2.10 bits per heavy atom. The van der Waals surface area contributed by atoms with Gasteiger partial charge in [-0.25, -0.2) is 0 Å². The Balaban J connectivity index is 2.25. The van der Waals surface area contributed by atoms with Gasteiger partial charge in [0.2, 0.25) is 0 Å². The maximum Gasteiger partial charge on any atom is 0.0758 e. The number of hydrogen-bond acceptors (Lipinski definition) is 3. The van der Waals surface area contributed by atoms with Crippen LogP contribution in [-0.2, 0) is 4.18 Å². The van der Waals surface area contributed by atoms with E-state index >= 15 is 0 Å². The quantitative estimate of drug-likeness (QED) is 0.395. The predicted octanol–water partition coefficient (Wildman–Crippen LogP) is 3.07. The topological polar surface area (TPSA) is 9.23 Å². The number of thiol groups is 1. The van der Waals surface area contributed by atoms with E-state index in [0.29, 0.717) is 6.10 Å². The first-order valence-corrected chi connectivity index (χ1v) is 5.61. The lowest BCUT2D eigenvalue weighted by Gasteiger charge is -2.26. The van der Waals surface area contributed by atoms with Crippen LogP contribution in [0.15, 0.2) is 0 Å². The Bertz CT molecular complexity index is 95.6. The van der Waals surface area contributed by atoms with E-state index in [2.05, 4.69) is 18.6 Å². The van der Waals surface area contributed by atoms with E-state index in [9.17, 15) is 0 Å². The molecule has 0 spiro atoms. The molecule has 0 aliphatic heterocycles. The van der Waals surface area contributed by atoms with Crippen molar-refractivity contribution in [3.63, 3.8) is 0 Å². The third kappa shape index (κ3) is 2.36. The molecule has 10 heavy (non-hydrogen) atoms. The van der Waals surface area contributed by atoms with Crippen LogP contribution in [0.4, 0.5) is 0 Å². The number of hydrogen-bond donors (Lipinski definition) is 1. The summed E-state index contributed by atoms with van der Waals surface area (Å²) in [5.74, 6) is 0.730. The normalized spacial score (nSPS) is 34.2. The maximum atomic E-state index is 5.38. The van der Waals surface area contributed by atoms with Gasteiger partial charge in [-0.3, -0.25) is 0 Å². The lowest BCUT2D eigenvalue weighted by Crippen LogP contribution is -2.22. The van der Waals surface area contributed by atoms with Crippen LogP contribution >= 0.6 is 22.7 Å². The molecule has 2 atom stereocenters. The predicted molar refractivity (Wildman–Crippen MR) is 49.1 cm³/mol. The molecule has 0 heterocycles. The Morgan fingerprint density at radius 1 is 1.40 bits per heavy atom. The summed E-state index contributed by atoms with van der Waals surface area (Å²) >= 11 is 5.17. The van der Waals surface area contributed by atoms with Crippen LogP contribution < -0.4 is 0 Å². The van der Waals surface area contributed by atoms with E-state index in [0.717, 1.165) is 5.92 Å². The van der Waals surface area contributed by atoms with E-state index in [1.165, 1.54) is 36.8 Å². The van der Waals surface area contributed by atoms with E-state index in [4.69, 9.17) is 4.18 Å². The minimum Gasteiger partial charge on any atom is -0.302 e. The van der Waals surface area contributed by atoms with Crippen LogP contribution in [0.25, 0.3) is 0 Å². The van der Waals surface area contributed by atoms with Crippen LogP contribution in [0.3, 0.4) is 0 Å². The fraction of sp³-hybridized carbons (Fsp3) is 1.00. The Labute approximate surface area is 71.9 Å². The molecule has 1 saturated carbocycles. The van der Waals surface area contributed by atoms with E-state index in [1.54, 1.807) is 0 Å². The lowest BCUT2D eigenvalue weighted by molar-refractivity contribution is 0.128. The molecule has 0 aromatic heterocycles. The zero-order chi connectivity index (χ0) is 7.40. The third-order valence-electron chi connectivity index (χ3n) is 2.20. The monoisotopic (exact) mass is 178 g/mol. The Kier molecular flexibility index (Phi) is 3.96. The van der Waals surface area contributed by atoms with Gasteiger partial charge in [-0.1, -0.05) is 31.4 Å². The summed E-state index contributed by atoms with van der Waals surface area (Å²) in [5.41, 5.74) is 0. The molecule has 0 unspecified atom stereocenters.